The minimum absolute atomic E-state index is 0.0000442. The zero-order chi connectivity index (χ0) is 25.5. The number of hydrogen-bond acceptors (Lipinski definition) is 3. The molecular weight excluding hydrogens is 516 g/mol. The molecule has 34 heavy (non-hydrogen) atoms. The van der Waals surface area contributed by atoms with Crippen molar-refractivity contribution in [2.45, 2.75) is 78.4 Å². The molecule has 7 heteroatoms. The number of rotatable bonds is 10. The molecule has 0 fully saturated rings. The van der Waals surface area contributed by atoms with E-state index in [0.29, 0.717) is 17.2 Å². The Balaban J connectivity index is 2.26. The van der Waals surface area contributed by atoms with Crippen molar-refractivity contribution in [2.24, 2.45) is 0 Å². The smallest absolute Gasteiger partial charge is 0.261 e. The number of benzene rings is 2. The number of carbonyl (C=O) groups excluding carboxylic acids is 2. The first-order valence-corrected chi connectivity index (χ1v) is 12.9. The summed E-state index contributed by atoms with van der Waals surface area (Å²) in [7, 11) is 0. The standard InChI is InChI=1S/C27H36BrClN2O3/c1-7-18(3)30-26(33)23(8-2)31(16-19-11-9-10-12-22(19)29)25(32)17-34-24-14-13-20(15-21(24)28)27(4,5)6/h9-15,18,23H,7-8,16-17H2,1-6H3,(H,30,33)/t18-,23+/m1/s1. The molecule has 0 heterocycles. The van der Waals surface area contributed by atoms with Gasteiger partial charge in [-0.2, -0.15) is 0 Å². The van der Waals surface area contributed by atoms with E-state index in [1.54, 1.807) is 11.0 Å². The summed E-state index contributed by atoms with van der Waals surface area (Å²) in [5.41, 5.74) is 1.94. The number of nitrogens with zero attached hydrogens (tertiary/aromatic N) is 1. The highest BCUT2D eigenvalue weighted by molar-refractivity contribution is 9.10. The van der Waals surface area contributed by atoms with E-state index in [1.807, 2.05) is 57.2 Å². The first kappa shape index (κ1) is 28.2. The van der Waals surface area contributed by atoms with E-state index in [-0.39, 0.29) is 36.4 Å². The highest BCUT2D eigenvalue weighted by Gasteiger charge is 2.30. The Labute approximate surface area is 217 Å². The molecule has 0 unspecified atom stereocenters. The van der Waals surface area contributed by atoms with E-state index >= 15 is 0 Å². The van der Waals surface area contributed by atoms with Crippen molar-refractivity contribution in [1.82, 2.24) is 10.2 Å². The van der Waals surface area contributed by atoms with Gasteiger partial charge in [0.2, 0.25) is 5.91 Å². The number of ether oxygens (including phenoxy) is 1. The van der Waals surface area contributed by atoms with Gasteiger partial charge >= 0.3 is 0 Å². The molecule has 2 atom stereocenters. The van der Waals surface area contributed by atoms with Crippen LogP contribution in [0.4, 0.5) is 0 Å². The van der Waals surface area contributed by atoms with Crippen LogP contribution in [0.5, 0.6) is 5.75 Å². The summed E-state index contributed by atoms with van der Waals surface area (Å²) in [6.45, 7) is 12.3. The molecule has 2 rings (SSSR count). The third-order valence-corrected chi connectivity index (χ3v) is 6.82. The van der Waals surface area contributed by atoms with E-state index in [1.165, 1.54) is 0 Å². The van der Waals surface area contributed by atoms with Crippen LogP contribution in [-0.2, 0) is 21.5 Å². The van der Waals surface area contributed by atoms with Crippen molar-refractivity contribution in [1.29, 1.82) is 0 Å². The Morgan fingerprint density at radius 3 is 2.35 bits per heavy atom. The van der Waals surface area contributed by atoms with Gasteiger partial charge in [0.1, 0.15) is 11.8 Å². The van der Waals surface area contributed by atoms with Gasteiger partial charge in [-0.1, -0.05) is 70.5 Å². The maximum absolute atomic E-state index is 13.4. The van der Waals surface area contributed by atoms with Crippen LogP contribution < -0.4 is 10.1 Å². The first-order valence-electron chi connectivity index (χ1n) is 11.7. The fraction of sp³-hybridized carbons (Fsp3) is 0.481. The van der Waals surface area contributed by atoms with Gasteiger partial charge in [-0.05, 0) is 70.4 Å². The van der Waals surface area contributed by atoms with Gasteiger partial charge in [0.05, 0.1) is 4.47 Å². The molecule has 0 aliphatic heterocycles. The predicted molar refractivity (Wildman–Crippen MR) is 142 cm³/mol. The SMILES string of the molecule is CC[C@@H](C)NC(=O)[C@H](CC)N(Cc1ccccc1Cl)C(=O)COc1ccc(C(C)(C)C)cc1Br. The fourth-order valence-corrected chi connectivity index (χ4v) is 4.17. The highest BCUT2D eigenvalue weighted by atomic mass is 79.9. The van der Waals surface area contributed by atoms with Crippen LogP contribution in [0.3, 0.4) is 0 Å². The summed E-state index contributed by atoms with van der Waals surface area (Å²) in [4.78, 5) is 28.0. The van der Waals surface area contributed by atoms with Crippen molar-refractivity contribution < 1.29 is 14.3 Å². The molecule has 1 N–H and O–H groups in total. The van der Waals surface area contributed by atoms with Crippen molar-refractivity contribution in [3.8, 4) is 5.75 Å². The lowest BCUT2D eigenvalue weighted by molar-refractivity contribution is -0.143. The topological polar surface area (TPSA) is 58.6 Å². The molecule has 2 amide bonds. The summed E-state index contributed by atoms with van der Waals surface area (Å²) in [6.07, 6.45) is 1.28. The van der Waals surface area contributed by atoms with Gasteiger partial charge < -0.3 is 15.0 Å². The van der Waals surface area contributed by atoms with E-state index in [9.17, 15) is 9.59 Å². The Bertz CT molecular complexity index is 990. The van der Waals surface area contributed by atoms with Crippen LogP contribution in [0.1, 0.15) is 65.5 Å². The number of hydrogen-bond donors (Lipinski definition) is 1. The Hall–Kier alpha value is -2.05. The van der Waals surface area contributed by atoms with Gasteiger partial charge in [0.25, 0.3) is 5.91 Å². The van der Waals surface area contributed by atoms with Crippen LogP contribution in [0.15, 0.2) is 46.9 Å². The molecular formula is C27H36BrClN2O3. The van der Waals surface area contributed by atoms with Crippen LogP contribution in [0.2, 0.25) is 5.02 Å². The van der Waals surface area contributed by atoms with E-state index in [2.05, 4.69) is 42.0 Å². The number of carbonyl (C=O) groups is 2. The number of amides is 2. The lowest BCUT2D eigenvalue weighted by Crippen LogP contribution is -2.51. The third kappa shape index (κ3) is 7.74. The fourth-order valence-electron chi connectivity index (χ4n) is 3.48. The van der Waals surface area contributed by atoms with Gasteiger partial charge in [-0.3, -0.25) is 9.59 Å². The second-order valence-corrected chi connectivity index (χ2v) is 10.8. The number of halogens is 2. The molecule has 0 aromatic heterocycles. The molecule has 2 aromatic rings. The predicted octanol–water partition coefficient (Wildman–Crippen LogP) is 6.50. The van der Waals surface area contributed by atoms with Crippen molar-refractivity contribution in [3.63, 3.8) is 0 Å². The van der Waals surface area contributed by atoms with Gasteiger partial charge in [0, 0.05) is 17.6 Å². The lowest BCUT2D eigenvalue weighted by Gasteiger charge is -2.31. The molecule has 0 aliphatic carbocycles. The minimum Gasteiger partial charge on any atom is -0.483 e. The van der Waals surface area contributed by atoms with Crippen LogP contribution in [-0.4, -0.2) is 35.4 Å². The molecule has 0 aliphatic rings. The maximum Gasteiger partial charge on any atom is 0.261 e. The molecule has 2 aromatic carbocycles. The molecule has 186 valence electrons. The van der Waals surface area contributed by atoms with Gasteiger partial charge in [0.15, 0.2) is 6.61 Å². The third-order valence-electron chi connectivity index (χ3n) is 5.83. The second kappa shape index (κ2) is 12.6. The Morgan fingerprint density at radius 1 is 1.12 bits per heavy atom. The monoisotopic (exact) mass is 550 g/mol. The molecule has 5 nitrogen and oxygen atoms in total. The summed E-state index contributed by atoms with van der Waals surface area (Å²) >= 11 is 9.94. The van der Waals surface area contributed by atoms with E-state index in [4.69, 9.17) is 16.3 Å². The summed E-state index contributed by atoms with van der Waals surface area (Å²) in [5, 5.41) is 3.56. The van der Waals surface area contributed by atoms with Crippen molar-refractivity contribution >= 4 is 39.3 Å². The van der Waals surface area contributed by atoms with E-state index in [0.717, 1.165) is 22.0 Å². The minimum atomic E-state index is -0.631. The molecule has 0 radical (unpaired) electrons. The van der Waals surface area contributed by atoms with Gasteiger partial charge in [-0.15, -0.1) is 0 Å². The summed E-state index contributed by atoms with van der Waals surface area (Å²) in [6, 6.07) is 12.6. The van der Waals surface area contributed by atoms with Gasteiger partial charge in [-0.25, -0.2) is 0 Å². The highest BCUT2D eigenvalue weighted by Crippen LogP contribution is 2.31. The first-order chi connectivity index (χ1) is 16.0. The average Bonchev–Trinajstić information content (AvgIpc) is 2.78. The number of nitrogens with one attached hydrogen (secondary N) is 1. The maximum atomic E-state index is 13.4. The Morgan fingerprint density at radius 2 is 1.79 bits per heavy atom. The average molecular weight is 552 g/mol. The lowest BCUT2D eigenvalue weighted by atomic mass is 9.87. The quantitative estimate of drug-likeness (QED) is 0.367. The normalized spacial score (nSPS) is 13.2. The van der Waals surface area contributed by atoms with E-state index < -0.39 is 6.04 Å². The zero-order valence-electron chi connectivity index (χ0n) is 21.0. The largest absolute Gasteiger partial charge is 0.483 e. The van der Waals surface area contributed by atoms with Crippen molar-refractivity contribution in [3.05, 3.63) is 63.1 Å². The zero-order valence-corrected chi connectivity index (χ0v) is 23.3. The van der Waals surface area contributed by atoms with Crippen LogP contribution in [0, 0.1) is 0 Å². The van der Waals surface area contributed by atoms with Crippen molar-refractivity contribution in [2.75, 3.05) is 6.61 Å². The molecule has 0 saturated heterocycles. The van der Waals surface area contributed by atoms with Crippen LogP contribution >= 0.6 is 27.5 Å². The molecule has 0 saturated carbocycles. The Kier molecular flexibility index (Phi) is 10.4. The molecule has 0 bridgehead atoms. The second-order valence-electron chi connectivity index (χ2n) is 9.54. The molecule has 0 spiro atoms. The summed E-state index contributed by atoms with van der Waals surface area (Å²) < 4.78 is 6.67. The summed E-state index contributed by atoms with van der Waals surface area (Å²) in [5.74, 6) is 0.127. The van der Waals surface area contributed by atoms with Crippen LogP contribution in [0.25, 0.3) is 0 Å².